The molecule has 0 aliphatic rings. The number of pyridine rings is 1. The standard InChI is InChI=1S/C26H22ClF3N4O2/c1-34(2)18-6-9-21-23(12-18)32-15-33-25(21)36-20-8-5-17(22(27)13-20)11-19(35)7-3-16-4-10-24(31-14-16)26(28,29)30/h4-6,8-10,12-15H,3,7,11H2,1-2H3. The van der Waals surface area contributed by atoms with Crippen molar-refractivity contribution in [3.8, 4) is 11.6 Å². The highest BCUT2D eigenvalue weighted by Crippen LogP contribution is 2.31. The van der Waals surface area contributed by atoms with Crippen LogP contribution in [0.25, 0.3) is 10.9 Å². The van der Waals surface area contributed by atoms with Crippen molar-refractivity contribution in [2.75, 3.05) is 19.0 Å². The molecule has 0 radical (unpaired) electrons. The average Bonchev–Trinajstić information content (AvgIpc) is 2.84. The molecule has 2 heterocycles. The van der Waals surface area contributed by atoms with Crippen LogP contribution in [0.5, 0.6) is 11.6 Å². The fourth-order valence-corrected chi connectivity index (χ4v) is 3.79. The van der Waals surface area contributed by atoms with Crippen molar-refractivity contribution in [3.05, 3.63) is 82.9 Å². The Hall–Kier alpha value is -3.72. The molecule has 0 unspecified atom stereocenters. The number of benzene rings is 2. The van der Waals surface area contributed by atoms with Crippen LogP contribution in [0.4, 0.5) is 18.9 Å². The van der Waals surface area contributed by atoms with Crippen LogP contribution in [0.1, 0.15) is 23.2 Å². The van der Waals surface area contributed by atoms with E-state index in [0.717, 1.165) is 28.9 Å². The molecule has 186 valence electrons. The third-order valence-electron chi connectivity index (χ3n) is 5.53. The number of fused-ring (bicyclic) bond motifs is 1. The number of aryl methyl sites for hydroxylation is 1. The first-order valence-electron chi connectivity index (χ1n) is 11.0. The van der Waals surface area contributed by atoms with Crippen LogP contribution in [-0.4, -0.2) is 34.8 Å². The minimum atomic E-state index is -4.49. The van der Waals surface area contributed by atoms with E-state index >= 15 is 0 Å². The molecule has 0 saturated carbocycles. The number of hydrogen-bond acceptors (Lipinski definition) is 6. The number of anilines is 1. The van der Waals surface area contributed by atoms with Crippen LogP contribution in [0.15, 0.2) is 61.1 Å². The zero-order valence-corrected chi connectivity index (χ0v) is 20.3. The summed E-state index contributed by atoms with van der Waals surface area (Å²) in [5.74, 6) is 0.753. The lowest BCUT2D eigenvalue weighted by atomic mass is 10.0. The average molecular weight is 515 g/mol. The number of hydrogen-bond donors (Lipinski definition) is 0. The Kier molecular flexibility index (Phi) is 7.40. The number of alkyl halides is 3. The van der Waals surface area contributed by atoms with Gasteiger partial charge < -0.3 is 9.64 Å². The molecule has 10 heteroatoms. The van der Waals surface area contributed by atoms with E-state index in [1.54, 1.807) is 18.2 Å². The van der Waals surface area contributed by atoms with Gasteiger partial charge in [0.15, 0.2) is 0 Å². The van der Waals surface area contributed by atoms with Crippen molar-refractivity contribution in [1.82, 2.24) is 15.0 Å². The Morgan fingerprint density at radius 3 is 2.50 bits per heavy atom. The topological polar surface area (TPSA) is 68.2 Å². The SMILES string of the molecule is CN(C)c1ccc2c(Oc3ccc(CC(=O)CCc4ccc(C(F)(F)F)nc4)c(Cl)c3)ncnc2c1. The van der Waals surface area contributed by atoms with E-state index < -0.39 is 11.9 Å². The normalized spacial score (nSPS) is 11.5. The molecular formula is C26H22ClF3N4O2. The summed E-state index contributed by atoms with van der Waals surface area (Å²) in [6.45, 7) is 0. The van der Waals surface area contributed by atoms with Crippen LogP contribution in [0.2, 0.25) is 5.02 Å². The number of aromatic nitrogens is 3. The molecule has 36 heavy (non-hydrogen) atoms. The molecule has 0 amide bonds. The summed E-state index contributed by atoms with van der Waals surface area (Å²) < 4.78 is 43.8. The van der Waals surface area contributed by atoms with Crippen LogP contribution < -0.4 is 9.64 Å². The van der Waals surface area contributed by atoms with Gasteiger partial charge in [-0.15, -0.1) is 0 Å². The number of ether oxygens (including phenoxy) is 1. The molecule has 0 atom stereocenters. The van der Waals surface area contributed by atoms with Crippen LogP contribution >= 0.6 is 11.6 Å². The summed E-state index contributed by atoms with van der Waals surface area (Å²) in [6.07, 6.45) is -1.37. The lowest BCUT2D eigenvalue weighted by Crippen LogP contribution is -2.08. The Morgan fingerprint density at radius 2 is 1.83 bits per heavy atom. The Morgan fingerprint density at radius 1 is 1.03 bits per heavy atom. The van der Waals surface area contributed by atoms with E-state index in [4.69, 9.17) is 16.3 Å². The molecule has 0 fully saturated rings. The van der Waals surface area contributed by atoms with E-state index in [1.165, 1.54) is 12.4 Å². The van der Waals surface area contributed by atoms with Gasteiger partial charge >= 0.3 is 6.18 Å². The maximum atomic E-state index is 12.6. The van der Waals surface area contributed by atoms with Crippen LogP contribution in [-0.2, 0) is 23.8 Å². The number of rotatable bonds is 8. The van der Waals surface area contributed by atoms with Crippen LogP contribution in [0, 0.1) is 0 Å². The van der Waals surface area contributed by atoms with E-state index in [-0.39, 0.29) is 18.6 Å². The minimum absolute atomic E-state index is 0.0936. The minimum Gasteiger partial charge on any atom is -0.438 e. The van der Waals surface area contributed by atoms with Crippen molar-refractivity contribution in [3.63, 3.8) is 0 Å². The maximum absolute atomic E-state index is 12.6. The molecule has 6 nitrogen and oxygen atoms in total. The lowest BCUT2D eigenvalue weighted by molar-refractivity contribution is -0.141. The molecular weight excluding hydrogens is 493 g/mol. The zero-order valence-electron chi connectivity index (χ0n) is 19.5. The molecule has 4 aromatic rings. The van der Waals surface area contributed by atoms with Crippen LogP contribution in [0.3, 0.4) is 0 Å². The molecule has 0 aliphatic heterocycles. The van der Waals surface area contributed by atoms with E-state index in [9.17, 15) is 18.0 Å². The Labute approximate surface area is 210 Å². The number of Topliss-reactive ketones (excluding diaryl/α,β-unsaturated/α-hetero) is 1. The highest BCUT2D eigenvalue weighted by Gasteiger charge is 2.32. The van der Waals surface area contributed by atoms with Gasteiger partial charge in [-0.3, -0.25) is 9.78 Å². The van der Waals surface area contributed by atoms with Gasteiger partial charge in [-0.2, -0.15) is 13.2 Å². The van der Waals surface area contributed by atoms with Gasteiger partial charge in [0.25, 0.3) is 0 Å². The fraction of sp³-hybridized carbons (Fsp3) is 0.231. The molecule has 0 spiro atoms. The number of nitrogens with zero attached hydrogens (tertiary/aromatic N) is 4. The van der Waals surface area contributed by atoms with Gasteiger partial charge in [0, 0.05) is 43.8 Å². The summed E-state index contributed by atoms with van der Waals surface area (Å²) in [7, 11) is 3.89. The third-order valence-corrected chi connectivity index (χ3v) is 5.89. The molecule has 2 aromatic carbocycles. The Bertz CT molecular complexity index is 1390. The van der Waals surface area contributed by atoms with E-state index in [2.05, 4.69) is 15.0 Å². The molecule has 2 aromatic heterocycles. The maximum Gasteiger partial charge on any atom is 0.433 e. The first kappa shape index (κ1) is 25.4. The lowest BCUT2D eigenvalue weighted by Gasteiger charge is -2.14. The number of ketones is 1. The van der Waals surface area contributed by atoms with Gasteiger partial charge in [0.1, 0.15) is 23.6 Å². The highest BCUT2D eigenvalue weighted by molar-refractivity contribution is 6.31. The van der Waals surface area contributed by atoms with Gasteiger partial charge in [-0.05, 0) is 53.9 Å². The number of carbonyl (C=O) groups excluding carboxylic acids is 1. The number of halogens is 4. The van der Waals surface area contributed by atoms with Gasteiger partial charge in [-0.1, -0.05) is 23.7 Å². The summed E-state index contributed by atoms with van der Waals surface area (Å²) in [5, 5.41) is 1.11. The van der Waals surface area contributed by atoms with Crippen molar-refractivity contribution < 1.29 is 22.7 Å². The van der Waals surface area contributed by atoms with Gasteiger partial charge in [0.05, 0.1) is 10.9 Å². The number of carbonyl (C=O) groups is 1. The van der Waals surface area contributed by atoms with Crippen molar-refractivity contribution in [1.29, 1.82) is 0 Å². The second-order valence-corrected chi connectivity index (χ2v) is 8.80. The predicted molar refractivity (Wildman–Crippen MR) is 132 cm³/mol. The molecule has 0 N–H and O–H groups in total. The van der Waals surface area contributed by atoms with E-state index in [1.807, 2.05) is 37.2 Å². The second-order valence-electron chi connectivity index (χ2n) is 8.39. The zero-order chi connectivity index (χ0) is 25.9. The van der Waals surface area contributed by atoms with Crippen molar-refractivity contribution >= 4 is 34.0 Å². The summed E-state index contributed by atoms with van der Waals surface area (Å²) in [5.41, 5.74) is 1.96. The quantitative estimate of drug-likeness (QED) is 0.275. The smallest absolute Gasteiger partial charge is 0.433 e. The van der Waals surface area contributed by atoms with Gasteiger partial charge in [-0.25, -0.2) is 9.97 Å². The predicted octanol–water partition coefficient (Wildman–Crippen LogP) is 6.30. The third kappa shape index (κ3) is 6.09. The molecule has 0 saturated heterocycles. The van der Waals surface area contributed by atoms with Gasteiger partial charge in [0.2, 0.25) is 5.88 Å². The van der Waals surface area contributed by atoms with E-state index in [0.29, 0.717) is 34.2 Å². The first-order chi connectivity index (χ1) is 17.1. The highest BCUT2D eigenvalue weighted by atomic mass is 35.5. The summed E-state index contributed by atoms with van der Waals surface area (Å²) in [4.78, 5) is 26.4. The first-order valence-corrected chi connectivity index (χ1v) is 11.4. The molecule has 4 rings (SSSR count). The molecule has 0 aliphatic carbocycles. The largest absolute Gasteiger partial charge is 0.438 e. The van der Waals surface area contributed by atoms with Crippen molar-refractivity contribution in [2.45, 2.75) is 25.4 Å². The second kappa shape index (κ2) is 10.5. The monoisotopic (exact) mass is 514 g/mol. The summed E-state index contributed by atoms with van der Waals surface area (Å²) >= 11 is 6.40. The Balaban J connectivity index is 1.39. The summed E-state index contributed by atoms with van der Waals surface area (Å²) in [6, 6.07) is 13.1. The van der Waals surface area contributed by atoms with Crippen molar-refractivity contribution in [2.24, 2.45) is 0 Å². The molecule has 0 bridgehead atoms. The fourth-order valence-electron chi connectivity index (χ4n) is 3.55.